The third kappa shape index (κ3) is 5.87. The lowest BCUT2D eigenvalue weighted by Gasteiger charge is -2.29. The molecule has 0 saturated carbocycles. The van der Waals surface area contributed by atoms with Gasteiger partial charge in [-0.2, -0.15) is 0 Å². The van der Waals surface area contributed by atoms with E-state index in [-0.39, 0.29) is 0 Å². The van der Waals surface area contributed by atoms with Crippen LogP contribution in [0.1, 0.15) is 6.42 Å². The van der Waals surface area contributed by atoms with Gasteiger partial charge in [-0.15, -0.1) is 0 Å². The fourth-order valence-corrected chi connectivity index (χ4v) is 2.18. The van der Waals surface area contributed by atoms with E-state index in [0.717, 1.165) is 44.0 Å². The van der Waals surface area contributed by atoms with Gasteiger partial charge in [0.1, 0.15) is 5.75 Å². The molecule has 1 aliphatic rings. The quantitative estimate of drug-likeness (QED) is 0.684. The first-order valence-electron chi connectivity index (χ1n) is 7.50. The molecule has 0 aliphatic carbocycles. The number of rotatable bonds is 9. The normalized spacial score (nSPS) is 15.2. The van der Waals surface area contributed by atoms with Crippen molar-refractivity contribution in [3.05, 3.63) is 18.5 Å². The van der Waals surface area contributed by atoms with Gasteiger partial charge in [0.25, 0.3) is 0 Å². The van der Waals surface area contributed by atoms with Crippen molar-refractivity contribution >= 4 is 5.69 Å². The number of hydrogen-bond donors (Lipinski definition) is 1. The zero-order chi connectivity index (χ0) is 14.8. The molecule has 0 spiro atoms. The van der Waals surface area contributed by atoms with Crippen LogP contribution < -0.4 is 15.0 Å². The standard InChI is InChI=1S/C15H25N3O3/c1-19-9-10-20-7-2-8-21-15-11-14(12-17-13-15)18-5-3-16-4-6-18/h11-13,16H,2-10H2,1H3. The van der Waals surface area contributed by atoms with Crippen LogP contribution in [0.3, 0.4) is 0 Å². The lowest BCUT2D eigenvalue weighted by molar-refractivity contribution is 0.0644. The maximum atomic E-state index is 5.73. The van der Waals surface area contributed by atoms with Crippen molar-refractivity contribution in [3.63, 3.8) is 0 Å². The molecule has 118 valence electrons. The first kappa shape index (κ1) is 16.0. The molecule has 1 aromatic heterocycles. The van der Waals surface area contributed by atoms with E-state index in [1.54, 1.807) is 13.3 Å². The van der Waals surface area contributed by atoms with Gasteiger partial charge in [-0.3, -0.25) is 4.98 Å². The van der Waals surface area contributed by atoms with E-state index in [2.05, 4.69) is 21.3 Å². The summed E-state index contributed by atoms with van der Waals surface area (Å²) >= 11 is 0. The summed E-state index contributed by atoms with van der Waals surface area (Å²) in [4.78, 5) is 6.59. The number of pyridine rings is 1. The molecule has 21 heavy (non-hydrogen) atoms. The fraction of sp³-hybridized carbons (Fsp3) is 0.667. The number of ether oxygens (including phenoxy) is 3. The zero-order valence-corrected chi connectivity index (χ0v) is 12.7. The second-order valence-electron chi connectivity index (χ2n) is 4.92. The van der Waals surface area contributed by atoms with Crippen molar-refractivity contribution < 1.29 is 14.2 Å². The highest BCUT2D eigenvalue weighted by molar-refractivity contribution is 5.48. The molecule has 2 heterocycles. The van der Waals surface area contributed by atoms with E-state index >= 15 is 0 Å². The Morgan fingerprint density at radius 1 is 1.14 bits per heavy atom. The van der Waals surface area contributed by atoms with Crippen LogP contribution in [0.25, 0.3) is 0 Å². The van der Waals surface area contributed by atoms with E-state index in [1.807, 2.05) is 6.20 Å². The molecular formula is C15H25N3O3. The Labute approximate surface area is 126 Å². The molecule has 0 amide bonds. The first-order chi connectivity index (χ1) is 10.4. The molecule has 2 rings (SSSR count). The van der Waals surface area contributed by atoms with Crippen LogP contribution in [-0.4, -0.2) is 64.7 Å². The van der Waals surface area contributed by atoms with Crippen LogP contribution in [0.15, 0.2) is 18.5 Å². The predicted octanol–water partition coefficient (Wildman–Crippen LogP) is 0.923. The van der Waals surface area contributed by atoms with Gasteiger partial charge in [0, 0.05) is 52.4 Å². The Morgan fingerprint density at radius 2 is 2.00 bits per heavy atom. The van der Waals surface area contributed by atoms with Gasteiger partial charge >= 0.3 is 0 Å². The minimum Gasteiger partial charge on any atom is -0.492 e. The lowest BCUT2D eigenvalue weighted by atomic mass is 10.3. The highest BCUT2D eigenvalue weighted by Gasteiger charge is 2.11. The maximum Gasteiger partial charge on any atom is 0.139 e. The molecule has 1 N–H and O–H groups in total. The Morgan fingerprint density at radius 3 is 2.81 bits per heavy atom. The third-order valence-corrected chi connectivity index (χ3v) is 3.31. The van der Waals surface area contributed by atoms with Crippen LogP contribution in [-0.2, 0) is 9.47 Å². The largest absolute Gasteiger partial charge is 0.492 e. The average Bonchev–Trinajstić information content (AvgIpc) is 2.55. The molecule has 0 aromatic carbocycles. The van der Waals surface area contributed by atoms with Gasteiger partial charge < -0.3 is 24.4 Å². The molecule has 0 radical (unpaired) electrons. The summed E-state index contributed by atoms with van der Waals surface area (Å²) in [5, 5.41) is 3.35. The van der Waals surface area contributed by atoms with Gasteiger partial charge in [-0.1, -0.05) is 0 Å². The Hall–Kier alpha value is -1.37. The summed E-state index contributed by atoms with van der Waals surface area (Å²) in [5.74, 6) is 0.822. The number of methoxy groups -OCH3 is 1. The lowest BCUT2D eigenvalue weighted by Crippen LogP contribution is -2.43. The number of hydrogen-bond acceptors (Lipinski definition) is 6. The van der Waals surface area contributed by atoms with Crippen molar-refractivity contribution in [2.45, 2.75) is 6.42 Å². The second-order valence-corrected chi connectivity index (χ2v) is 4.92. The van der Waals surface area contributed by atoms with Gasteiger partial charge in [0.2, 0.25) is 0 Å². The summed E-state index contributed by atoms with van der Waals surface area (Å²) < 4.78 is 16.0. The minimum absolute atomic E-state index is 0.635. The van der Waals surface area contributed by atoms with Crippen LogP contribution in [0.2, 0.25) is 0 Å². The first-order valence-corrected chi connectivity index (χ1v) is 7.50. The van der Waals surface area contributed by atoms with E-state index in [4.69, 9.17) is 14.2 Å². The van der Waals surface area contributed by atoms with Crippen LogP contribution in [0, 0.1) is 0 Å². The second kappa shape index (κ2) is 9.55. The van der Waals surface area contributed by atoms with Gasteiger partial charge in [-0.05, 0) is 0 Å². The van der Waals surface area contributed by atoms with Crippen molar-refractivity contribution in [2.75, 3.05) is 64.6 Å². The maximum absolute atomic E-state index is 5.73. The Balaban J connectivity index is 1.68. The molecule has 1 aliphatic heterocycles. The van der Waals surface area contributed by atoms with Gasteiger partial charge in [0.15, 0.2) is 0 Å². The highest BCUT2D eigenvalue weighted by atomic mass is 16.5. The Kier molecular flexibility index (Phi) is 7.28. The van der Waals surface area contributed by atoms with E-state index in [9.17, 15) is 0 Å². The van der Waals surface area contributed by atoms with E-state index in [0.29, 0.717) is 26.4 Å². The molecule has 6 nitrogen and oxygen atoms in total. The molecule has 1 aromatic rings. The van der Waals surface area contributed by atoms with Crippen molar-refractivity contribution in [1.82, 2.24) is 10.3 Å². The van der Waals surface area contributed by atoms with Crippen molar-refractivity contribution in [1.29, 1.82) is 0 Å². The zero-order valence-electron chi connectivity index (χ0n) is 12.7. The summed E-state index contributed by atoms with van der Waals surface area (Å²) in [6, 6.07) is 2.06. The molecule has 6 heteroatoms. The smallest absolute Gasteiger partial charge is 0.139 e. The van der Waals surface area contributed by atoms with E-state index < -0.39 is 0 Å². The summed E-state index contributed by atoms with van der Waals surface area (Å²) in [5.41, 5.74) is 1.13. The number of nitrogens with one attached hydrogen (secondary N) is 1. The van der Waals surface area contributed by atoms with Crippen molar-refractivity contribution in [3.8, 4) is 5.75 Å². The Bertz CT molecular complexity index is 398. The van der Waals surface area contributed by atoms with E-state index in [1.165, 1.54) is 0 Å². The SMILES string of the molecule is COCCOCCCOc1cncc(N2CCNCC2)c1. The van der Waals surface area contributed by atoms with Gasteiger partial charge in [-0.25, -0.2) is 0 Å². The topological polar surface area (TPSA) is 55.9 Å². The number of nitrogens with zero attached hydrogens (tertiary/aromatic N) is 2. The van der Waals surface area contributed by atoms with Crippen LogP contribution in [0.4, 0.5) is 5.69 Å². The van der Waals surface area contributed by atoms with Gasteiger partial charge in [0.05, 0.1) is 37.9 Å². The molecule has 1 saturated heterocycles. The summed E-state index contributed by atoms with van der Waals surface area (Å²) in [6.07, 6.45) is 4.52. The summed E-state index contributed by atoms with van der Waals surface area (Å²) in [6.45, 7) is 6.66. The molecule has 0 atom stereocenters. The average molecular weight is 295 g/mol. The third-order valence-electron chi connectivity index (χ3n) is 3.31. The number of aromatic nitrogens is 1. The minimum atomic E-state index is 0.635. The monoisotopic (exact) mass is 295 g/mol. The van der Waals surface area contributed by atoms with Crippen molar-refractivity contribution in [2.24, 2.45) is 0 Å². The summed E-state index contributed by atoms with van der Waals surface area (Å²) in [7, 11) is 1.67. The number of anilines is 1. The molecular weight excluding hydrogens is 270 g/mol. The fourth-order valence-electron chi connectivity index (χ4n) is 2.18. The highest BCUT2D eigenvalue weighted by Crippen LogP contribution is 2.19. The molecule has 1 fully saturated rings. The van der Waals surface area contributed by atoms with Crippen LogP contribution in [0.5, 0.6) is 5.75 Å². The molecule has 0 bridgehead atoms. The number of piperazine rings is 1. The predicted molar refractivity (Wildman–Crippen MR) is 82.1 cm³/mol. The van der Waals surface area contributed by atoms with Crippen LogP contribution >= 0.6 is 0 Å². The molecule has 0 unspecified atom stereocenters.